The molecule has 172 valence electrons. The van der Waals surface area contributed by atoms with Crippen molar-refractivity contribution in [1.82, 2.24) is 29.5 Å². The number of rotatable bonds is 5. The molecule has 0 unspecified atom stereocenters. The first-order valence-electron chi connectivity index (χ1n) is 11.6. The number of nitrogens with zero attached hydrogens (tertiary/aromatic N) is 6. The third-order valence-electron chi connectivity index (χ3n) is 7.42. The van der Waals surface area contributed by atoms with Gasteiger partial charge in [0, 0.05) is 32.8 Å². The lowest BCUT2D eigenvalue weighted by molar-refractivity contribution is -0.130. The Morgan fingerprint density at radius 2 is 2.15 bits per heavy atom. The van der Waals surface area contributed by atoms with Crippen molar-refractivity contribution in [2.45, 2.75) is 38.9 Å². The molecule has 1 aliphatic carbocycles. The number of nitrogens with one attached hydrogen (secondary N) is 1. The van der Waals surface area contributed by atoms with Gasteiger partial charge in [0.1, 0.15) is 5.75 Å². The fourth-order valence-electron chi connectivity index (χ4n) is 5.52. The number of amides is 1. The molecule has 3 aromatic rings. The topological polar surface area (TPSA) is 88.4 Å². The van der Waals surface area contributed by atoms with E-state index in [1.165, 1.54) is 17.5 Å². The van der Waals surface area contributed by atoms with Crippen molar-refractivity contribution in [2.24, 2.45) is 11.8 Å². The maximum Gasteiger partial charge on any atom is 0.229 e. The van der Waals surface area contributed by atoms with E-state index in [1.807, 2.05) is 9.58 Å². The molecule has 2 aromatic heterocycles. The second kappa shape index (κ2) is 7.69. The third-order valence-corrected chi connectivity index (χ3v) is 7.42. The first-order valence-corrected chi connectivity index (χ1v) is 11.6. The molecule has 9 heteroatoms. The Hall–Kier alpha value is -3.20. The molecule has 1 saturated heterocycles. The summed E-state index contributed by atoms with van der Waals surface area (Å²) in [5, 5.41) is 8.82. The van der Waals surface area contributed by atoms with Gasteiger partial charge in [0.05, 0.1) is 37.0 Å². The van der Waals surface area contributed by atoms with Crippen LogP contribution in [-0.2, 0) is 24.3 Å². The summed E-state index contributed by atoms with van der Waals surface area (Å²) in [4.78, 5) is 25.7. The molecule has 33 heavy (non-hydrogen) atoms. The number of likely N-dealkylation sites (tertiary alicyclic amines) is 1. The standard InChI is InChI=1S/C24H29N7O2/c1-14(32)30-12-17-6-19(17)21(30)13-31-23-18(10-26-31)9-25-24(28-23)27-20-7-16-11-29(2)5-4-15(16)8-22(20)33-3/h7-10,17,19,21H,4-6,11-13H2,1-3H3,(H,25,27,28)/t17-,19-,21-/m1/s1. The minimum Gasteiger partial charge on any atom is -0.495 e. The molecule has 9 nitrogen and oxygen atoms in total. The molecule has 0 radical (unpaired) electrons. The molecule has 0 spiro atoms. The third kappa shape index (κ3) is 3.60. The molecule has 1 amide bonds. The Morgan fingerprint density at radius 3 is 2.97 bits per heavy atom. The van der Waals surface area contributed by atoms with Crippen molar-refractivity contribution in [3.8, 4) is 5.75 Å². The lowest BCUT2D eigenvalue weighted by Gasteiger charge is -2.26. The number of hydrogen-bond acceptors (Lipinski definition) is 7. The van der Waals surface area contributed by atoms with Crippen molar-refractivity contribution in [1.29, 1.82) is 0 Å². The van der Waals surface area contributed by atoms with Crippen LogP contribution in [-0.4, -0.2) is 68.7 Å². The van der Waals surface area contributed by atoms with Gasteiger partial charge in [-0.2, -0.15) is 10.1 Å². The zero-order chi connectivity index (χ0) is 22.7. The highest BCUT2D eigenvalue weighted by Gasteiger charge is 2.53. The van der Waals surface area contributed by atoms with Crippen LogP contribution >= 0.6 is 0 Å². The van der Waals surface area contributed by atoms with E-state index in [0.717, 1.165) is 48.5 Å². The predicted octanol–water partition coefficient (Wildman–Crippen LogP) is 2.43. The molecule has 6 rings (SSSR count). The van der Waals surface area contributed by atoms with Gasteiger partial charge in [0.15, 0.2) is 5.65 Å². The Balaban J connectivity index is 1.29. The number of piperidine rings is 1. The van der Waals surface area contributed by atoms with Crippen LogP contribution in [0.3, 0.4) is 0 Å². The lowest BCUT2D eigenvalue weighted by Crippen LogP contribution is -2.39. The summed E-state index contributed by atoms with van der Waals surface area (Å²) < 4.78 is 7.58. The monoisotopic (exact) mass is 447 g/mol. The van der Waals surface area contributed by atoms with Crippen molar-refractivity contribution in [3.63, 3.8) is 0 Å². The smallest absolute Gasteiger partial charge is 0.229 e. The maximum atomic E-state index is 12.1. The first kappa shape index (κ1) is 20.4. The predicted molar refractivity (Wildman–Crippen MR) is 124 cm³/mol. The maximum absolute atomic E-state index is 12.1. The molecule has 0 bridgehead atoms. The van der Waals surface area contributed by atoms with Crippen LogP contribution in [0.5, 0.6) is 5.75 Å². The van der Waals surface area contributed by atoms with Gasteiger partial charge in [-0.25, -0.2) is 9.67 Å². The molecule has 2 fully saturated rings. The first-order chi connectivity index (χ1) is 16.0. The number of anilines is 2. The van der Waals surface area contributed by atoms with E-state index in [-0.39, 0.29) is 11.9 Å². The number of hydrogen-bond donors (Lipinski definition) is 1. The van der Waals surface area contributed by atoms with Gasteiger partial charge in [0.2, 0.25) is 11.9 Å². The largest absolute Gasteiger partial charge is 0.495 e. The van der Waals surface area contributed by atoms with E-state index < -0.39 is 0 Å². The molecule has 2 aliphatic heterocycles. The quantitative estimate of drug-likeness (QED) is 0.643. The Bertz CT molecular complexity index is 1240. The van der Waals surface area contributed by atoms with Gasteiger partial charge >= 0.3 is 0 Å². The van der Waals surface area contributed by atoms with Crippen molar-refractivity contribution in [2.75, 3.05) is 32.6 Å². The van der Waals surface area contributed by atoms with E-state index >= 15 is 0 Å². The van der Waals surface area contributed by atoms with E-state index in [1.54, 1.807) is 26.4 Å². The number of likely N-dealkylation sites (N-methyl/N-ethyl adjacent to an activating group) is 1. The fraction of sp³-hybridized carbons (Fsp3) is 0.500. The summed E-state index contributed by atoms with van der Waals surface area (Å²) in [6.07, 6.45) is 5.82. The molecule has 3 atom stereocenters. The number of ether oxygens (including phenoxy) is 1. The molecular weight excluding hydrogens is 418 g/mol. The fourth-order valence-corrected chi connectivity index (χ4v) is 5.52. The summed E-state index contributed by atoms with van der Waals surface area (Å²) in [6.45, 7) is 5.16. The van der Waals surface area contributed by atoms with Crippen LogP contribution in [0.4, 0.5) is 11.6 Å². The van der Waals surface area contributed by atoms with Crippen LogP contribution in [0.15, 0.2) is 24.5 Å². The number of methoxy groups -OCH3 is 1. The highest BCUT2D eigenvalue weighted by Crippen LogP contribution is 2.50. The van der Waals surface area contributed by atoms with Gasteiger partial charge in [-0.05, 0) is 55.0 Å². The second-order valence-electron chi connectivity index (χ2n) is 9.63. The SMILES string of the molecule is COc1cc2c(cc1Nc1ncc3cnn(C[C@@H]4[C@@H]5C[C@@H]5CN4C(C)=O)c3n1)CN(C)CC2. The molecule has 4 heterocycles. The van der Waals surface area contributed by atoms with Gasteiger partial charge in [-0.15, -0.1) is 0 Å². The Kier molecular flexibility index (Phi) is 4.76. The Labute approximate surface area is 192 Å². The molecule has 1 N–H and O–H groups in total. The van der Waals surface area contributed by atoms with Gasteiger partial charge < -0.3 is 19.9 Å². The van der Waals surface area contributed by atoms with E-state index in [0.29, 0.717) is 24.3 Å². The zero-order valence-electron chi connectivity index (χ0n) is 19.3. The van der Waals surface area contributed by atoms with Crippen LogP contribution in [0.1, 0.15) is 24.5 Å². The summed E-state index contributed by atoms with van der Waals surface area (Å²) in [7, 11) is 3.83. The summed E-state index contributed by atoms with van der Waals surface area (Å²) in [5.74, 6) is 2.68. The van der Waals surface area contributed by atoms with Gasteiger partial charge in [0.25, 0.3) is 0 Å². The molecular formula is C24H29N7O2. The van der Waals surface area contributed by atoms with Crippen molar-refractivity contribution >= 4 is 28.6 Å². The minimum absolute atomic E-state index is 0.144. The van der Waals surface area contributed by atoms with Gasteiger partial charge in [-0.1, -0.05) is 0 Å². The molecule has 1 saturated carbocycles. The summed E-state index contributed by atoms with van der Waals surface area (Å²) >= 11 is 0. The van der Waals surface area contributed by atoms with Gasteiger partial charge in [-0.3, -0.25) is 4.79 Å². The average Bonchev–Trinajstić information content (AvgIpc) is 3.33. The number of carbonyl (C=O) groups excluding carboxylic acids is 1. The highest BCUT2D eigenvalue weighted by atomic mass is 16.5. The van der Waals surface area contributed by atoms with Crippen molar-refractivity contribution < 1.29 is 9.53 Å². The van der Waals surface area contributed by atoms with Crippen LogP contribution in [0, 0.1) is 11.8 Å². The Morgan fingerprint density at radius 1 is 1.27 bits per heavy atom. The van der Waals surface area contributed by atoms with E-state index in [2.05, 4.69) is 39.5 Å². The van der Waals surface area contributed by atoms with Crippen molar-refractivity contribution in [3.05, 3.63) is 35.7 Å². The van der Waals surface area contributed by atoms with Crippen LogP contribution in [0.2, 0.25) is 0 Å². The second-order valence-corrected chi connectivity index (χ2v) is 9.63. The number of aromatic nitrogens is 4. The average molecular weight is 448 g/mol. The zero-order valence-corrected chi connectivity index (χ0v) is 19.3. The minimum atomic E-state index is 0.144. The van der Waals surface area contributed by atoms with E-state index in [4.69, 9.17) is 9.72 Å². The summed E-state index contributed by atoms with van der Waals surface area (Å²) in [6, 6.07) is 4.46. The number of fused-ring (bicyclic) bond motifs is 3. The van der Waals surface area contributed by atoms with E-state index in [9.17, 15) is 4.79 Å². The normalized spacial score (nSPS) is 24.0. The number of benzene rings is 1. The van der Waals surface area contributed by atoms with Crippen LogP contribution < -0.4 is 10.1 Å². The number of carbonyl (C=O) groups is 1. The highest BCUT2D eigenvalue weighted by molar-refractivity contribution is 5.76. The lowest BCUT2D eigenvalue weighted by atomic mass is 9.99. The molecule has 1 aromatic carbocycles. The summed E-state index contributed by atoms with van der Waals surface area (Å²) in [5.41, 5.74) is 4.26. The molecule has 3 aliphatic rings. The van der Waals surface area contributed by atoms with Crippen LogP contribution in [0.25, 0.3) is 11.0 Å².